The lowest BCUT2D eigenvalue weighted by Crippen LogP contribution is -2.49. The van der Waals surface area contributed by atoms with Gasteiger partial charge in [0.05, 0.1) is 6.26 Å². The van der Waals surface area contributed by atoms with E-state index in [2.05, 4.69) is 15.5 Å². The third-order valence-corrected chi connectivity index (χ3v) is 3.93. The van der Waals surface area contributed by atoms with E-state index in [4.69, 9.17) is 4.42 Å². The minimum absolute atomic E-state index is 0.0498. The molecule has 0 unspecified atom stereocenters. The SMILES string of the molecule is CC(C)NC(=O)c1ccc(N2CCN(C(=O)c3ccco3)CC2)nn1. The number of hydrogen-bond acceptors (Lipinski definition) is 6. The Morgan fingerprint density at radius 1 is 1.12 bits per heavy atom. The second kappa shape index (κ2) is 7.33. The van der Waals surface area contributed by atoms with Crippen molar-refractivity contribution >= 4 is 17.6 Å². The molecule has 0 spiro atoms. The van der Waals surface area contributed by atoms with Crippen LogP contribution in [0.1, 0.15) is 34.9 Å². The number of amides is 2. The van der Waals surface area contributed by atoms with Gasteiger partial charge in [0.1, 0.15) is 0 Å². The fraction of sp³-hybridized carbons (Fsp3) is 0.412. The van der Waals surface area contributed by atoms with Gasteiger partial charge in [-0.25, -0.2) is 0 Å². The molecule has 1 aliphatic heterocycles. The lowest BCUT2D eigenvalue weighted by molar-refractivity contribution is 0.0714. The summed E-state index contributed by atoms with van der Waals surface area (Å²) in [4.78, 5) is 27.9. The summed E-state index contributed by atoms with van der Waals surface area (Å²) in [6, 6.07) is 6.87. The predicted molar refractivity (Wildman–Crippen MR) is 91.5 cm³/mol. The number of rotatable bonds is 4. The van der Waals surface area contributed by atoms with Crippen molar-refractivity contribution in [3.63, 3.8) is 0 Å². The number of carbonyl (C=O) groups excluding carboxylic acids is 2. The molecular formula is C17H21N5O3. The highest BCUT2D eigenvalue weighted by Crippen LogP contribution is 2.15. The van der Waals surface area contributed by atoms with E-state index >= 15 is 0 Å². The highest BCUT2D eigenvalue weighted by atomic mass is 16.3. The molecule has 0 bridgehead atoms. The molecule has 1 saturated heterocycles. The van der Waals surface area contributed by atoms with Crippen molar-refractivity contribution in [2.75, 3.05) is 31.1 Å². The maximum atomic E-state index is 12.3. The molecule has 3 rings (SSSR count). The Bertz CT molecular complexity index is 719. The van der Waals surface area contributed by atoms with E-state index in [0.717, 1.165) is 0 Å². The maximum absolute atomic E-state index is 12.3. The highest BCUT2D eigenvalue weighted by Gasteiger charge is 2.24. The molecule has 2 aromatic rings. The van der Waals surface area contributed by atoms with E-state index in [-0.39, 0.29) is 17.9 Å². The molecule has 0 atom stereocenters. The molecule has 25 heavy (non-hydrogen) atoms. The quantitative estimate of drug-likeness (QED) is 0.896. The number of hydrogen-bond donors (Lipinski definition) is 1. The molecule has 0 aromatic carbocycles. The summed E-state index contributed by atoms with van der Waals surface area (Å²) >= 11 is 0. The van der Waals surface area contributed by atoms with Crippen molar-refractivity contribution in [2.45, 2.75) is 19.9 Å². The van der Waals surface area contributed by atoms with Crippen molar-refractivity contribution in [2.24, 2.45) is 0 Å². The summed E-state index contributed by atoms with van der Waals surface area (Å²) in [5.41, 5.74) is 0.295. The molecule has 1 fully saturated rings. The number of nitrogens with zero attached hydrogens (tertiary/aromatic N) is 4. The number of furan rings is 1. The zero-order valence-corrected chi connectivity index (χ0v) is 14.3. The fourth-order valence-corrected chi connectivity index (χ4v) is 2.65. The van der Waals surface area contributed by atoms with Crippen molar-refractivity contribution < 1.29 is 14.0 Å². The van der Waals surface area contributed by atoms with Crippen LogP contribution in [0.2, 0.25) is 0 Å². The average Bonchev–Trinajstić information content (AvgIpc) is 3.15. The van der Waals surface area contributed by atoms with Gasteiger partial charge in [-0.05, 0) is 38.1 Å². The van der Waals surface area contributed by atoms with Crippen molar-refractivity contribution in [1.29, 1.82) is 0 Å². The van der Waals surface area contributed by atoms with Crippen molar-refractivity contribution in [3.05, 3.63) is 42.0 Å². The summed E-state index contributed by atoms with van der Waals surface area (Å²) in [5.74, 6) is 0.722. The molecule has 0 saturated carbocycles. The third kappa shape index (κ3) is 3.96. The standard InChI is InChI=1S/C17H21N5O3/c1-12(2)18-16(23)13-5-6-15(20-19-13)21-7-9-22(10-8-21)17(24)14-4-3-11-25-14/h3-6,11-12H,7-10H2,1-2H3,(H,18,23). The Morgan fingerprint density at radius 2 is 1.88 bits per heavy atom. The molecule has 1 N–H and O–H groups in total. The van der Waals surface area contributed by atoms with Crippen LogP contribution >= 0.6 is 0 Å². The Balaban J connectivity index is 1.58. The Kier molecular flexibility index (Phi) is 4.97. The van der Waals surface area contributed by atoms with Gasteiger partial charge in [-0.1, -0.05) is 0 Å². The van der Waals surface area contributed by atoms with Gasteiger partial charge in [-0.15, -0.1) is 10.2 Å². The second-order valence-corrected chi connectivity index (χ2v) is 6.16. The average molecular weight is 343 g/mol. The Labute approximate surface area is 145 Å². The van der Waals surface area contributed by atoms with Crippen molar-refractivity contribution in [1.82, 2.24) is 20.4 Å². The summed E-state index contributed by atoms with van der Waals surface area (Å²) in [6.45, 7) is 6.25. The number of anilines is 1. The van der Waals surface area contributed by atoms with Gasteiger partial charge < -0.3 is 19.5 Å². The minimum Gasteiger partial charge on any atom is -0.459 e. The van der Waals surface area contributed by atoms with Gasteiger partial charge in [0.15, 0.2) is 17.3 Å². The molecule has 1 aliphatic rings. The van der Waals surface area contributed by atoms with Gasteiger partial charge in [0.25, 0.3) is 11.8 Å². The topological polar surface area (TPSA) is 91.6 Å². The maximum Gasteiger partial charge on any atom is 0.289 e. The van der Waals surface area contributed by atoms with Crippen LogP contribution < -0.4 is 10.2 Å². The number of aromatic nitrogens is 2. The first-order valence-electron chi connectivity index (χ1n) is 8.27. The van der Waals surface area contributed by atoms with Gasteiger partial charge in [-0.2, -0.15) is 0 Å². The molecule has 2 aromatic heterocycles. The van der Waals surface area contributed by atoms with Gasteiger partial charge >= 0.3 is 0 Å². The Hall–Kier alpha value is -2.90. The number of nitrogens with one attached hydrogen (secondary N) is 1. The molecule has 2 amide bonds. The van der Waals surface area contributed by atoms with E-state index in [0.29, 0.717) is 43.5 Å². The van der Waals surface area contributed by atoms with E-state index in [1.54, 1.807) is 29.2 Å². The van der Waals surface area contributed by atoms with Crippen LogP contribution in [0.3, 0.4) is 0 Å². The monoisotopic (exact) mass is 343 g/mol. The smallest absolute Gasteiger partial charge is 0.289 e. The lowest BCUT2D eigenvalue weighted by atomic mass is 10.2. The van der Waals surface area contributed by atoms with E-state index in [1.807, 2.05) is 18.7 Å². The molecule has 0 radical (unpaired) electrons. The Morgan fingerprint density at radius 3 is 2.44 bits per heavy atom. The third-order valence-electron chi connectivity index (χ3n) is 3.93. The highest BCUT2D eigenvalue weighted by molar-refractivity contribution is 5.92. The normalized spacial score (nSPS) is 14.7. The van der Waals surface area contributed by atoms with E-state index in [9.17, 15) is 9.59 Å². The largest absolute Gasteiger partial charge is 0.459 e. The molecule has 0 aliphatic carbocycles. The molecule has 132 valence electrons. The first kappa shape index (κ1) is 16.9. The summed E-state index contributed by atoms with van der Waals surface area (Å²) < 4.78 is 5.16. The van der Waals surface area contributed by atoms with Crippen LogP contribution in [0.4, 0.5) is 5.82 Å². The fourth-order valence-electron chi connectivity index (χ4n) is 2.65. The minimum atomic E-state index is -0.233. The van der Waals surface area contributed by atoms with Crippen LogP contribution in [-0.2, 0) is 0 Å². The molecular weight excluding hydrogens is 322 g/mol. The van der Waals surface area contributed by atoms with Crippen LogP contribution in [0.5, 0.6) is 0 Å². The molecule has 3 heterocycles. The van der Waals surface area contributed by atoms with E-state index < -0.39 is 0 Å². The number of carbonyl (C=O) groups is 2. The molecule has 8 heteroatoms. The van der Waals surface area contributed by atoms with Gasteiger partial charge in [-0.3, -0.25) is 9.59 Å². The first-order valence-corrected chi connectivity index (χ1v) is 8.27. The summed E-state index contributed by atoms with van der Waals surface area (Å²) in [6.07, 6.45) is 1.50. The summed E-state index contributed by atoms with van der Waals surface area (Å²) in [5, 5.41) is 10.9. The van der Waals surface area contributed by atoms with Gasteiger partial charge in [0, 0.05) is 32.2 Å². The summed E-state index contributed by atoms with van der Waals surface area (Å²) in [7, 11) is 0. The molecule has 8 nitrogen and oxygen atoms in total. The van der Waals surface area contributed by atoms with Crippen molar-refractivity contribution in [3.8, 4) is 0 Å². The zero-order chi connectivity index (χ0) is 17.8. The zero-order valence-electron chi connectivity index (χ0n) is 14.3. The van der Waals surface area contributed by atoms with E-state index in [1.165, 1.54) is 6.26 Å². The first-order chi connectivity index (χ1) is 12.0. The van der Waals surface area contributed by atoms with Crippen LogP contribution in [0.15, 0.2) is 34.9 Å². The van der Waals surface area contributed by atoms with Crippen LogP contribution in [0.25, 0.3) is 0 Å². The predicted octanol–water partition coefficient (Wildman–Crippen LogP) is 1.17. The van der Waals surface area contributed by atoms with Gasteiger partial charge in [0.2, 0.25) is 0 Å². The lowest BCUT2D eigenvalue weighted by Gasteiger charge is -2.34. The van der Waals surface area contributed by atoms with Crippen LogP contribution in [0, 0.1) is 0 Å². The second-order valence-electron chi connectivity index (χ2n) is 6.16. The number of piperazine rings is 1. The van der Waals surface area contributed by atoms with Crippen LogP contribution in [-0.4, -0.2) is 59.1 Å².